The summed E-state index contributed by atoms with van der Waals surface area (Å²) in [4.78, 5) is 0.261. The van der Waals surface area contributed by atoms with Gasteiger partial charge in [0, 0.05) is 12.1 Å². The van der Waals surface area contributed by atoms with Crippen LogP contribution in [0.1, 0.15) is 44.1 Å². The fraction of sp³-hybridized carbons (Fsp3) is 0.714. The Kier molecular flexibility index (Phi) is 4.88. The smallest absolute Gasteiger partial charge is 0.244 e. The molecule has 0 amide bonds. The monoisotopic (exact) mass is 300 g/mol. The quantitative estimate of drug-likeness (QED) is 0.772. The second kappa shape index (κ2) is 6.28. The Bertz CT molecular complexity index is 547. The van der Waals surface area contributed by atoms with E-state index in [1.165, 1.54) is 12.8 Å². The molecule has 1 aliphatic rings. The molecule has 1 saturated carbocycles. The maximum Gasteiger partial charge on any atom is 0.244 e. The van der Waals surface area contributed by atoms with Gasteiger partial charge < -0.3 is 9.73 Å². The van der Waals surface area contributed by atoms with Crippen LogP contribution in [0.3, 0.4) is 0 Å². The molecule has 1 aromatic rings. The van der Waals surface area contributed by atoms with Crippen LogP contribution in [-0.4, -0.2) is 21.5 Å². The number of rotatable bonds is 8. The molecule has 1 fully saturated rings. The van der Waals surface area contributed by atoms with Crippen molar-refractivity contribution in [2.24, 2.45) is 5.92 Å². The summed E-state index contributed by atoms with van der Waals surface area (Å²) in [6.45, 7) is 4.23. The van der Waals surface area contributed by atoms with E-state index in [2.05, 4.69) is 10.0 Å². The molecule has 20 heavy (non-hydrogen) atoms. The Morgan fingerprint density at radius 2 is 2.15 bits per heavy atom. The normalized spacial score (nSPS) is 17.4. The molecule has 0 spiro atoms. The zero-order valence-electron chi connectivity index (χ0n) is 12.4. The van der Waals surface area contributed by atoms with Crippen LogP contribution in [0.4, 0.5) is 0 Å². The lowest BCUT2D eigenvalue weighted by atomic mass is 10.1. The molecule has 5 nitrogen and oxygen atoms in total. The predicted molar refractivity (Wildman–Crippen MR) is 78.0 cm³/mol. The third-order valence-corrected chi connectivity index (χ3v) is 5.32. The summed E-state index contributed by atoms with van der Waals surface area (Å²) < 4.78 is 33.2. The first kappa shape index (κ1) is 15.5. The van der Waals surface area contributed by atoms with Gasteiger partial charge in [-0.25, -0.2) is 13.1 Å². The number of sulfonamides is 1. The van der Waals surface area contributed by atoms with Crippen molar-refractivity contribution >= 4 is 10.0 Å². The molecular weight excluding hydrogens is 276 g/mol. The predicted octanol–water partition coefficient (Wildman–Crippen LogP) is 2.16. The molecule has 6 heteroatoms. The molecule has 2 N–H and O–H groups in total. The van der Waals surface area contributed by atoms with Gasteiger partial charge in [0.15, 0.2) is 0 Å². The molecule has 1 aromatic heterocycles. The number of furan rings is 1. The summed E-state index contributed by atoms with van der Waals surface area (Å²) >= 11 is 0. The van der Waals surface area contributed by atoms with Gasteiger partial charge in [-0.3, -0.25) is 0 Å². The van der Waals surface area contributed by atoms with E-state index in [4.69, 9.17) is 4.42 Å². The van der Waals surface area contributed by atoms with Crippen molar-refractivity contribution in [3.05, 3.63) is 17.6 Å². The van der Waals surface area contributed by atoms with E-state index in [1.807, 2.05) is 6.92 Å². The van der Waals surface area contributed by atoms with Crippen LogP contribution in [-0.2, 0) is 16.6 Å². The first-order valence-corrected chi connectivity index (χ1v) is 8.70. The summed E-state index contributed by atoms with van der Waals surface area (Å²) in [5, 5.41) is 2.95. The van der Waals surface area contributed by atoms with Gasteiger partial charge >= 0.3 is 0 Å². The summed E-state index contributed by atoms with van der Waals surface area (Å²) in [7, 11) is -1.69. The highest BCUT2D eigenvalue weighted by atomic mass is 32.2. The molecule has 2 rings (SSSR count). The van der Waals surface area contributed by atoms with Crippen LogP contribution in [0.2, 0.25) is 0 Å². The standard InChI is InChI=1S/C14H24N2O3S/c1-4-12(7-11-5-6-11)16-20(17,18)14-8-13(9-15-3)19-10(14)2/h8,11-12,15-16H,4-7,9H2,1-3H3. The second-order valence-corrected chi connectivity index (χ2v) is 7.25. The average molecular weight is 300 g/mol. The summed E-state index contributed by atoms with van der Waals surface area (Å²) in [5.41, 5.74) is 0. The summed E-state index contributed by atoms with van der Waals surface area (Å²) in [6, 6.07) is 1.63. The SMILES string of the molecule is CCC(CC1CC1)NS(=O)(=O)c1cc(CNC)oc1C. The third kappa shape index (κ3) is 3.84. The third-order valence-electron chi connectivity index (χ3n) is 3.69. The van der Waals surface area contributed by atoms with Crippen molar-refractivity contribution in [3.8, 4) is 0 Å². The molecule has 0 radical (unpaired) electrons. The van der Waals surface area contributed by atoms with Crippen LogP contribution in [0.15, 0.2) is 15.4 Å². The molecular formula is C14H24N2O3S. The molecule has 114 valence electrons. The first-order chi connectivity index (χ1) is 9.46. The number of aryl methyl sites for hydroxylation is 1. The van der Waals surface area contributed by atoms with Crippen LogP contribution >= 0.6 is 0 Å². The van der Waals surface area contributed by atoms with E-state index >= 15 is 0 Å². The lowest BCUT2D eigenvalue weighted by Gasteiger charge is -2.16. The number of nitrogens with one attached hydrogen (secondary N) is 2. The van der Waals surface area contributed by atoms with Crippen molar-refractivity contribution in [3.63, 3.8) is 0 Å². The minimum absolute atomic E-state index is 0.0227. The highest BCUT2D eigenvalue weighted by Crippen LogP contribution is 2.34. The molecule has 1 unspecified atom stereocenters. The lowest BCUT2D eigenvalue weighted by Crippen LogP contribution is -2.34. The maximum atomic E-state index is 12.5. The molecule has 0 aromatic carbocycles. The van der Waals surface area contributed by atoms with Crippen molar-refractivity contribution in [2.75, 3.05) is 7.05 Å². The Morgan fingerprint density at radius 1 is 1.45 bits per heavy atom. The van der Waals surface area contributed by atoms with E-state index in [0.29, 0.717) is 24.0 Å². The largest absolute Gasteiger partial charge is 0.464 e. The van der Waals surface area contributed by atoms with Crippen LogP contribution < -0.4 is 10.0 Å². The van der Waals surface area contributed by atoms with Crippen molar-refractivity contribution < 1.29 is 12.8 Å². The van der Waals surface area contributed by atoms with Crippen LogP contribution in [0, 0.1) is 12.8 Å². The van der Waals surface area contributed by atoms with Gasteiger partial charge in [-0.1, -0.05) is 19.8 Å². The van der Waals surface area contributed by atoms with Gasteiger partial charge in [-0.15, -0.1) is 0 Å². The Balaban J connectivity index is 2.11. The molecule has 1 atom stereocenters. The zero-order valence-corrected chi connectivity index (χ0v) is 13.2. The number of hydrogen-bond acceptors (Lipinski definition) is 4. The van der Waals surface area contributed by atoms with Crippen LogP contribution in [0.25, 0.3) is 0 Å². The van der Waals surface area contributed by atoms with Crippen molar-refractivity contribution in [2.45, 2.75) is 57.0 Å². The lowest BCUT2D eigenvalue weighted by molar-refractivity contribution is 0.463. The Hall–Kier alpha value is -0.850. The second-order valence-electron chi connectivity index (χ2n) is 5.57. The molecule has 1 heterocycles. The van der Waals surface area contributed by atoms with Gasteiger partial charge in [0.2, 0.25) is 10.0 Å². The zero-order chi connectivity index (χ0) is 14.8. The Labute approximate surface area is 121 Å². The topological polar surface area (TPSA) is 71.3 Å². The van der Waals surface area contributed by atoms with Gasteiger partial charge in [0.05, 0.1) is 6.54 Å². The van der Waals surface area contributed by atoms with Gasteiger partial charge in [0.25, 0.3) is 0 Å². The van der Waals surface area contributed by atoms with Gasteiger partial charge in [0.1, 0.15) is 16.4 Å². The van der Waals surface area contributed by atoms with E-state index in [0.717, 1.165) is 12.8 Å². The van der Waals surface area contributed by atoms with Crippen molar-refractivity contribution in [1.29, 1.82) is 0 Å². The first-order valence-electron chi connectivity index (χ1n) is 7.22. The highest BCUT2D eigenvalue weighted by molar-refractivity contribution is 7.89. The minimum atomic E-state index is -3.49. The molecule has 0 bridgehead atoms. The van der Waals surface area contributed by atoms with E-state index in [1.54, 1.807) is 20.0 Å². The maximum absolute atomic E-state index is 12.5. The van der Waals surface area contributed by atoms with E-state index in [-0.39, 0.29) is 10.9 Å². The minimum Gasteiger partial charge on any atom is -0.464 e. The van der Waals surface area contributed by atoms with Gasteiger partial charge in [-0.2, -0.15) is 0 Å². The van der Waals surface area contributed by atoms with Gasteiger partial charge in [-0.05, 0) is 32.7 Å². The molecule has 1 aliphatic carbocycles. The van der Waals surface area contributed by atoms with Crippen molar-refractivity contribution in [1.82, 2.24) is 10.0 Å². The summed E-state index contributed by atoms with van der Waals surface area (Å²) in [6.07, 6.45) is 4.22. The highest BCUT2D eigenvalue weighted by Gasteiger charge is 2.29. The van der Waals surface area contributed by atoms with Crippen LogP contribution in [0.5, 0.6) is 0 Å². The van der Waals surface area contributed by atoms with E-state index in [9.17, 15) is 8.42 Å². The summed E-state index contributed by atoms with van der Waals surface area (Å²) in [5.74, 6) is 1.79. The molecule has 0 saturated heterocycles. The van der Waals surface area contributed by atoms with E-state index < -0.39 is 10.0 Å². The Morgan fingerprint density at radius 3 is 2.70 bits per heavy atom. The molecule has 0 aliphatic heterocycles. The average Bonchev–Trinajstić information content (AvgIpc) is 3.11. The fourth-order valence-electron chi connectivity index (χ4n) is 2.39. The number of hydrogen-bond donors (Lipinski definition) is 2. The fourth-order valence-corrected chi connectivity index (χ4v) is 3.92.